The topological polar surface area (TPSA) is 147 Å². The van der Waals surface area contributed by atoms with E-state index >= 15 is 0 Å². The summed E-state index contributed by atoms with van der Waals surface area (Å²) in [5.41, 5.74) is 0. The maximum absolute atomic E-state index is 13.1. The standard InChI is InChI=1S/C26H50O13/c1-10-32-23(30-8)24(33-11-2,34-12-3)20(7)38-26(37-15-6,25(31-9,35-13-4)36-14-5)39-22(29)19-17-16-18-21(27)28/h20,23H,10-19H2,1-9H3,(H,27,28). The molecule has 0 bridgehead atoms. The molecule has 3 atom stereocenters. The Morgan fingerprint density at radius 2 is 1.21 bits per heavy atom. The van der Waals surface area contributed by atoms with Gasteiger partial charge in [-0.3, -0.25) is 9.59 Å². The highest BCUT2D eigenvalue weighted by Crippen LogP contribution is 2.40. The van der Waals surface area contributed by atoms with E-state index in [9.17, 15) is 9.59 Å². The number of esters is 1. The summed E-state index contributed by atoms with van der Waals surface area (Å²) in [5.74, 6) is -7.96. The number of methoxy groups -OCH3 is 2. The van der Waals surface area contributed by atoms with E-state index in [1.165, 1.54) is 14.2 Å². The SMILES string of the molecule is CCOC(OC)C(OCC)(OCC)C(C)OC(OCC)(OC(=O)CCCCC(=O)O)C(OC)(OCC)OCC. The number of unbranched alkanes of at least 4 members (excludes halogenated alkanes) is 1. The largest absolute Gasteiger partial charge is 0.481 e. The number of carbonyl (C=O) groups excluding carboxylic acids is 1. The number of carboxylic acid groups (broad SMARTS) is 1. The van der Waals surface area contributed by atoms with Crippen LogP contribution in [-0.2, 0) is 57.0 Å². The molecule has 0 aliphatic carbocycles. The first-order chi connectivity index (χ1) is 18.6. The van der Waals surface area contributed by atoms with E-state index in [-0.39, 0.29) is 65.3 Å². The summed E-state index contributed by atoms with van der Waals surface area (Å²) in [6.45, 7) is 12.8. The maximum Gasteiger partial charge on any atom is 0.417 e. The molecule has 0 aliphatic rings. The van der Waals surface area contributed by atoms with Crippen molar-refractivity contribution < 1.29 is 62.1 Å². The zero-order valence-corrected chi connectivity index (χ0v) is 25.1. The van der Waals surface area contributed by atoms with Crippen LogP contribution in [0.1, 0.15) is 74.1 Å². The number of rotatable bonds is 25. The molecule has 0 amide bonds. The van der Waals surface area contributed by atoms with Crippen molar-refractivity contribution in [2.24, 2.45) is 0 Å². The monoisotopic (exact) mass is 570 g/mol. The molecule has 0 saturated heterocycles. The highest BCUT2D eigenvalue weighted by atomic mass is 17.0. The predicted octanol–water partition coefficient (Wildman–Crippen LogP) is 3.42. The second-order valence-corrected chi connectivity index (χ2v) is 8.06. The van der Waals surface area contributed by atoms with E-state index in [1.807, 2.05) is 0 Å². The molecule has 13 heteroatoms. The van der Waals surface area contributed by atoms with Gasteiger partial charge in [-0.15, -0.1) is 0 Å². The lowest BCUT2D eigenvalue weighted by molar-refractivity contribution is -0.560. The second-order valence-electron chi connectivity index (χ2n) is 8.06. The third-order valence-electron chi connectivity index (χ3n) is 5.42. The van der Waals surface area contributed by atoms with Crippen molar-refractivity contribution >= 4 is 11.9 Å². The van der Waals surface area contributed by atoms with Crippen molar-refractivity contribution in [2.75, 3.05) is 53.9 Å². The van der Waals surface area contributed by atoms with Crippen LogP contribution in [0.4, 0.5) is 0 Å². The molecule has 232 valence electrons. The van der Waals surface area contributed by atoms with Crippen molar-refractivity contribution in [1.29, 1.82) is 0 Å². The van der Waals surface area contributed by atoms with Crippen molar-refractivity contribution in [1.82, 2.24) is 0 Å². The lowest BCUT2D eigenvalue weighted by Crippen LogP contribution is -2.68. The Bertz CT molecular complexity index is 662. The summed E-state index contributed by atoms with van der Waals surface area (Å²) < 4.78 is 59.1. The number of carbonyl (C=O) groups is 2. The van der Waals surface area contributed by atoms with Gasteiger partial charge in [0.2, 0.25) is 12.1 Å². The van der Waals surface area contributed by atoms with Gasteiger partial charge in [0.05, 0.1) is 6.61 Å². The molecular formula is C26H50O13. The molecule has 13 nitrogen and oxygen atoms in total. The van der Waals surface area contributed by atoms with Gasteiger partial charge in [0, 0.05) is 60.1 Å². The Morgan fingerprint density at radius 1 is 0.718 bits per heavy atom. The lowest BCUT2D eigenvalue weighted by atomic mass is 10.1. The van der Waals surface area contributed by atoms with Crippen LogP contribution >= 0.6 is 0 Å². The second kappa shape index (κ2) is 19.6. The average Bonchev–Trinajstić information content (AvgIpc) is 2.89. The van der Waals surface area contributed by atoms with Crippen molar-refractivity contribution in [2.45, 2.75) is 104 Å². The number of hydrogen-bond acceptors (Lipinski definition) is 12. The van der Waals surface area contributed by atoms with Crippen LogP contribution in [0.15, 0.2) is 0 Å². The highest BCUT2D eigenvalue weighted by molar-refractivity contribution is 5.70. The molecule has 0 fully saturated rings. The van der Waals surface area contributed by atoms with E-state index in [4.69, 9.17) is 52.5 Å². The van der Waals surface area contributed by atoms with Crippen molar-refractivity contribution in [3.05, 3.63) is 0 Å². The number of carboxylic acids is 1. The Balaban J connectivity index is 6.80. The van der Waals surface area contributed by atoms with Gasteiger partial charge in [-0.05, 0) is 61.3 Å². The fraction of sp³-hybridized carbons (Fsp3) is 0.923. The molecule has 3 unspecified atom stereocenters. The Hall–Kier alpha value is -1.42. The minimum Gasteiger partial charge on any atom is -0.481 e. The summed E-state index contributed by atoms with van der Waals surface area (Å²) >= 11 is 0. The number of hydrogen-bond donors (Lipinski definition) is 1. The minimum atomic E-state index is -2.42. The van der Waals surface area contributed by atoms with Crippen LogP contribution in [0.2, 0.25) is 0 Å². The fourth-order valence-electron chi connectivity index (χ4n) is 3.96. The van der Waals surface area contributed by atoms with Crippen molar-refractivity contribution in [3.63, 3.8) is 0 Å². The summed E-state index contributed by atoms with van der Waals surface area (Å²) in [7, 11) is 2.73. The zero-order valence-electron chi connectivity index (χ0n) is 25.1. The van der Waals surface area contributed by atoms with Gasteiger partial charge >= 0.3 is 23.9 Å². The van der Waals surface area contributed by atoms with Gasteiger partial charge in [-0.25, -0.2) is 0 Å². The third-order valence-corrected chi connectivity index (χ3v) is 5.42. The molecule has 0 aliphatic heterocycles. The fourth-order valence-corrected chi connectivity index (χ4v) is 3.96. The van der Waals surface area contributed by atoms with Crippen LogP contribution in [0, 0.1) is 0 Å². The molecule has 0 saturated carbocycles. The first kappa shape index (κ1) is 37.6. The normalized spacial score (nSPS) is 15.5. The molecule has 0 rings (SSSR count). The first-order valence-corrected chi connectivity index (χ1v) is 13.6. The summed E-state index contributed by atoms with van der Waals surface area (Å²) in [6.07, 6.45) is -1.84. The quantitative estimate of drug-likeness (QED) is 0.0972. The van der Waals surface area contributed by atoms with E-state index in [2.05, 4.69) is 0 Å². The maximum atomic E-state index is 13.1. The Morgan fingerprint density at radius 3 is 1.62 bits per heavy atom. The summed E-state index contributed by atoms with van der Waals surface area (Å²) in [6, 6.07) is 0. The van der Waals surface area contributed by atoms with Gasteiger partial charge in [0.1, 0.15) is 6.10 Å². The number of aliphatic carboxylic acids is 1. The van der Waals surface area contributed by atoms with E-state index < -0.39 is 42.1 Å². The van der Waals surface area contributed by atoms with E-state index in [0.717, 1.165) is 0 Å². The van der Waals surface area contributed by atoms with Crippen LogP contribution in [0.25, 0.3) is 0 Å². The van der Waals surface area contributed by atoms with Gasteiger partial charge in [0.25, 0.3) is 0 Å². The number of ether oxygens (including phenoxy) is 10. The molecule has 0 spiro atoms. The third kappa shape index (κ3) is 10.5. The van der Waals surface area contributed by atoms with E-state index in [1.54, 1.807) is 48.5 Å². The van der Waals surface area contributed by atoms with Crippen LogP contribution in [0.3, 0.4) is 0 Å². The molecule has 0 aromatic carbocycles. The molecule has 39 heavy (non-hydrogen) atoms. The highest BCUT2D eigenvalue weighted by Gasteiger charge is 2.65. The van der Waals surface area contributed by atoms with Crippen LogP contribution < -0.4 is 0 Å². The van der Waals surface area contributed by atoms with Gasteiger partial charge in [-0.1, -0.05) is 0 Å². The zero-order chi connectivity index (χ0) is 30.0. The van der Waals surface area contributed by atoms with Crippen LogP contribution in [-0.4, -0.2) is 101 Å². The molecule has 0 aromatic heterocycles. The molecule has 0 radical (unpaired) electrons. The summed E-state index contributed by atoms with van der Waals surface area (Å²) in [4.78, 5) is 24.0. The molecule has 0 aromatic rings. The van der Waals surface area contributed by atoms with Gasteiger partial charge < -0.3 is 52.5 Å². The average molecular weight is 571 g/mol. The van der Waals surface area contributed by atoms with Crippen molar-refractivity contribution in [3.8, 4) is 0 Å². The lowest BCUT2D eigenvalue weighted by Gasteiger charge is -2.48. The predicted molar refractivity (Wildman–Crippen MR) is 138 cm³/mol. The van der Waals surface area contributed by atoms with Gasteiger partial charge in [0.15, 0.2) is 0 Å². The first-order valence-electron chi connectivity index (χ1n) is 13.6. The van der Waals surface area contributed by atoms with Gasteiger partial charge in [-0.2, -0.15) is 0 Å². The molecule has 1 N–H and O–H groups in total. The van der Waals surface area contributed by atoms with Crippen LogP contribution in [0.5, 0.6) is 0 Å². The molecular weight excluding hydrogens is 520 g/mol. The Labute approximate surface area is 232 Å². The minimum absolute atomic E-state index is 0.0142. The smallest absolute Gasteiger partial charge is 0.417 e. The molecule has 0 heterocycles. The summed E-state index contributed by atoms with van der Waals surface area (Å²) in [5, 5.41) is 8.91. The Kier molecular flexibility index (Phi) is 18.9. The van der Waals surface area contributed by atoms with E-state index in [0.29, 0.717) is 0 Å².